The molecule has 0 amide bonds. The minimum Gasteiger partial charge on any atom is -0.456 e. The lowest BCUT2D eigenvalue weighted by atomic mass is 9.77. The molecular weight excluding hydrogens is 719 g/mol. The van der Waals surface area contributed by atoms with E-state index in [0.29, 0.717) is 0 Å². The van der Waals surface area contributed by atoms with E-state index in [2.05, 4.69) is 202 Å². The first-order valence-electron chi connectivity index (χ1n) is 21.2. The lowest BCUT2D eigenvalue weighted by molar-refractivity contribution is 0.559. The molecule has 11 rings (SSSR count). The highest BCUT2D eigenvalue weighted by atomic mass is 16.3. The second-order valence-electron chi connectivity index (χ2n) is 20.2. The van der Waals surface area contributed by atoms with Gasteiger partial charge in [-0.2, -0.15) is 0 Å². The first-order valence-corrected chi connectivity index (χ1v) is 21.2. The Hall–Kier alpha value is -6.06. The molecule has 0 radical (unpaired) electrons. The molecule has 0 bridgehead atoms. The fourth-order valence-corrected chi connectivity index (χ4v) is 10.7. The maximum Gasteiger partial charge on any atom is 0.139 e. The molecule has 2 aliphatic rings. The van der Waals surface area contributed by atoms with Crippen molar-refractivity contribution in [3.05, 3.63) is 161 Å². The van der Waals surface area contributed by atoms with Gasteiger partial charge >= 0.3 is 0 Å². The smallest absolute Gasteiger partial charge is 0.139 e. The average molecular weight is 770 g/mol. The van der Waals surface area contributed by atoms with Crippen molar-refractivity contribution in [3.8, 4) is 22.3 Å². The van der Waals surface area contributed by atoms with Crippen LogP contribution in [0.15, 0.2) is 136 Å². The molecule has 0 aliphatic heterocycles. The zero-order valence-electron chi connectivity index (χ0n) is 35.9. The predicted octanol–water partition coefficient (Wildman–Crippen LogP) is 16.2. The van der Waals surface area contributed by atoms with Crippen LogP contribution in [0.5, 0.6) is 0 Å². The number of furan rings is 2. The normalized spacial score (nSPS) is 15.2. The van der Waals surface area contributed by atoms with Gasteiger partial charge in [-0.25, -0.2) is 0 Å². The second-order valence-corrected chi connectivity index (χ2v) is 20.2. The summed E-state index contributed by atoms with van der Waals surface area (Å²) in [5.74, 6) is 0. The zero-order chi connectivity index (χ0) is 41.0. The predicted molar refractivity (Wildman–Crippen MR) is 248 cm³/mol. The molecule has 3 heteroatoms. The fourth-order valence-electron chi connectivity index (χ4n) is 10.7. The zero-order valence-corrected chi connectivity index (χ0v) is 35.9. The Morgan fingerprint density at radius 1 is 0.475 bits per heavy atom. The molecular formula is C56H51NO2. The summed E-state index contributed by atoms with van der Waals surface area (Å²) in [5.41, 5.74) is 19.6. The first kappa shape index (κ1) is 36.1. The van der Waals surface area contributed by atoms with E-state index in [1.807, 2.05) is 0 Å². The van der Waals surface area contributed by atoms with Crippen molar-refractivity contribution in [3.63, 3.8) is 0 Å². The van der Waals surface area contributed by atoms with Crippen LogP contribution in [0.25, 0.3) is 66.1 Å². The molecule has 0 spiro atoms. The lowest BCUT2D eigenvalue weighted by Crippen LogP contribution is -2.18. The van der Waals surface area contributed by atoms with Crippen molar-refractivity contribution in [2.45, 2.75) is 90.9 Å². The molecule has 292 valence electrons. The third-order valence-corrected chi connectivity index (χ3v) is 13.7. The van der Waals surface area contributed by atoms with Crippen molar-refractivity contribution in [1.82, 2.24) is 0 Å². The molecule has 0 fully saturated rings. The Labute approximate surface area is 347 Å². The van der Waals surface area contributed by atoms with E-state index in [4.69, 9.17) is 8.83 Å². The van der Waals surface area contributed by atoms with Gasteiger partial charge in [0.1, 0.15) is 22.3 Å². The molecule has 2 heterocycles. The summed E-state index contributed by atoms with van der Waals surface area (Å²) in [6, 6.07) is 47.3. The highest BCUT2D eigenvalue weighted by Crippen LogP contribution is 2.59. The molecule has 0 unspecified atom stereocenters. The maximum absolute atomic E-state index is 6.96. The number of hydrogen-bond acceptors (Lipinski definition) is 3. The minimum absolute atomic E-state index is 0.0219. The standard InChI is InChI=1S/C56H51NO2/c1-53(2,3)32-29-38-50-47(59-52(38)42(30-32)54(4,5)6)28-27-37-48-40(56(9,10)51(37)50)20-15-21-43(48)57(44-22-16-24-46-49(44)36-18-12-14-23-45(36)58-46)33-25-26-35-34-17-11-13-19-39(34)55(7,8)41(35)31-33/h11-31H,1-10H3. The number of anilines is 3. The van der Waals surface area contributed by atoms with E-state index in [1.54, 1.807) is 0 Å². The first-order chi connectivity index (χ1) is 28.0. The van der Waals surface area contributed by atoms with Crippen LogP contribution >= 0.6 is 0 Å². The Morgan fingerprint density at radius 2 is 1.14 bits per heavy atom. The Balaban J connectivity index is 1.23. The Kier molecular flexibility index (Phi) is 7.20. The maximum atomic E-state index is 6.96. The third-order valence-electron chi connectivity index (χ3n) is 13.7. The molecule has 0 saturated heterocycles. The van der Waals surface area contributed by atoms with E-state index in [0.717, 1.165) is 50.2 Å². The average Bonchev–Trinajstić information content (AvgIpc) is 3.90. The summed E-state index contributed by atoms with van der Waals surface area (Å²) in [6.45, 7) is 23.4. The summed E-state index contributed by atoms with van der Waals surface area (Å²) in [7, 11) is 0. The number of fused-ring (bicyclic) bond motifs is 13. The topological polar surface area (TPSA) is 29.5 Å². The van der Waals surface area contributed by atoms with Crippen LogP contribution in [-0.4, -0.2) is 0 Å². The van der Waals surface area contributed by atoms with E-state index in [-0.39, 0.29) is 21.7 Å². The van der Waals surface area contributed by atoms with Gasteiger partial charge in [0, 0.05) is 43.8 Å². The molecule has 0 saturated carbocycles. The number of nitrogens with zero attached hydrogens (tertiary/aromatic N) is 1. The van der Waals surface area contributed by atoms with Gasteiger partial charge in [-0.05, 0) is 104 Å². The van der Waals surface area contributed by atoms with E-state index < -0.39 is 0 Å². The third kappa shape index (κ3) is 4.94. The summed E-state index contributed by atoms with van der Waals surface area (Å²) < 4.78 is 13.5. The quantitative estimate of drug-likeness (QED) is 0.179. The summed E-state index contributed by atoms with van der Waals surface area (Å²) in [4.78, 5) is 2.51. The monoisotopic (exact) mass is 769 g/mol. The van der Waals surface area contributed by atoms with Gasteiger partial charge in [-0.3, -0.25) is 0 Å². The lowest BCUT2D eigenvalue weighted by Gasteiger charge is -2.31. The SMILES string of the molecule is CC(C)(C)c1cc(C(C)(C)C)c2oc3ccc4c(c3c2c1)C(C)(C)c1cccc(N(c2ccc3c(c2)C(C)(C)c2ccccc2-3)c2cccc3oc5ccccc5c23)c1-4. The number of rotatable bonds is 3. The molecule has 59 heavy (non-hydrogen) atoms. The van der Waals surface area contributed by atoms with Crippen LogP contribution in [0, 0.1) is 0 Å². The second kappa shape index (κ2) is 11.8. The van der Waals surface area contributed by atoms with Crippen LogP contribution in [0.2, 0.25) is 0 Å². The van der Waals surface area contributed by atoms with Crippen LogP contribution in [0.3, 0.4) is 0 Å². The van der Waals surface area contributed by atoms with Gasteiger partial charge in [0.15, 0.2) is 0 Å². The van der Waals surface area contributed by atoms with Crippen molar-refractivity contribution < 1.29 is 8.83 Å². The van der Waals surface area contributed by atoms with Gasteiger partial charge < -0.3 is 13.7 Å². The molecule has 9 aromatic rings. The minimum atomic E-state index is -0.307. The van der Waals surface area contributed by atoms with Crippen molar-refractivity contribution in [2.75, 3.05) is 4.90 Å². The van der Waals surface area contributed by atoms with E-state index >= 15 is 0 Å². The van der Waals surface area contributed by atoms with Crippen LogP contribution in [0.1, 0.15) is 103 Å². The Morgan fingerprint density at radius 3 is 1.93 bits per heavy atom. The highest BCUT2D eigenvalue weighted by molar-refractivity contribution is 6.16. The largest absolute Gasteiger partial charge is 0.456 e. The van der Waals surface area contributed by atoms with Crippen molar-refractivity contribution >= 4 is 60.9 Å². The molecule has 3 nitrogen and oxygen atoms in total. The summed E-state index contributed by atoms with van der Waals surface area (Å²) >= 11 is 0. The van der Waals surface area contributed by atoms with Gasteiger partial charge in [0.25, 0.3) is 0 Å². The van der Waals surface area contributed by atoms with Gasteiger partial charge in [0.2, 0.25) is 0 Å². The van der Waals surface area contributed by atoms with Crippen LogP contribution in [-0.2, 0) is 21.7 Å². The molecule has 7 aromatic carbocycles. The number of para-hydroxylation sites is 1. The molecule has 2 aliphatic carbocycles. The Bertz CT molecular complexity index is 3240. The van der Waals surface area contributed by atoms with E-state index in [9.17, 15) is 0 Å². The van der Waals surface area contributed by atoms with Gasteiger partial charge in [-0.15, -0.1) is 0 Å². The number of hydrogen-bond donors (Lipinski definition) is 0. The molecule has 0 atom stereocenters. The molecule has 2 aromatic heterocycles. The van der Waals surface area contributed by atoms with Gasteiger partial charge in [-0.1, -0.05) is 148 Å². The fraction of sp³-hybridized carbons (Fsp3) is 0.250. The van der Waals surface area contributed by atoms with Crippen molar-refractivity contribution in [1.29, 1.82) is 0 Å². The summed E-state index contributed by atoms with van der Waals surface area (Å²) in [5, 5.41) is 4.67. The van der Waals surface area contributed by atoms with Crippen LogP contribution in [0.4, 0.5) is 17.1 Å². The number of benzene rings is 7. The van der Waals surface area contributed by atoms with E-state index in [1.165, 1.54) is 66.4 Å². The molecule has 0 N–H and O–H groups in total. The summed E-state index contributed by atoms with van der Waals surface area (Å²) in [6.07, 6.45) is 0. The van der Waals surface area contributed by atoms with Gasteiger partial charge in [0.05, 0.1) is 16.8 Å². The van der Waals surface area contributed by atoms with Crippen LogP contribution < -0.4 is 4.90 Å². The highest BCUT2D eigenvalue weighted by Gasteiger charge is 2.42. The van der Waals surface area contributed by atoms with Crippen molar-refractivity contribution in [2.24, 2.45) is 0 Å².